The number of hydrogen-bond acceptors (Lipinski definition) is 3. The molecule has 6 heteroatoms. The Bertz CT molecular complexity index is 528. The second-order valence-corrected chi connectivity index (χ2v) is 14.5. The summed E-state index contributed by atoms with van der Waals surface area (Å²) in [5, 5.41) is 3.50. The Balaban J connectivity index is 2.93. The van der Waals surface area contributed by atoms with E-state index < -0.39 is 24.0 Å². The molecule has 26 heavy (non-hydrogen) atoms. The average molecular weight is 459 g/mol. The summed E-state index contributed by atoms with van der Waals surface area (Å²) in [6.07, 6.45) is 0. The van der Waals surface area contributed by atoms with Crippen LogP contribution in [0.5, 0.6) is 0 Å². The molecular formula is C20H36BrNO2Si2. The van der Waals surface area contributed by atoms with Gasteiger partial charge in [-0.15, -0.1) is 0 Å². The first-order chi connectivity index (χ1) is 11.7. The van der Waals surface area contributed by atoms with Crippen molar-refractivity contribution in [2.24, 2.45) is 10.8 Å². The van der Waals surface area contributed by atoms with Crippen LogP contribution < -0.4 is 5.32 Å². The summed E-state index contributed by atoms with van der Waals surface area (Å²) < 4.78 is 14.1. The van der Waals surface area contributed by atoms with E-state index in [1.54, 1.807) is 0 Å². The van der Waals surface area contributed by atoms with Crippen LogP contribution in [0.3, 0.4) is 0 Å². The van der Waals surface area contributed by atoms with E-state index >= 15 is 0 Å². The SMILES string of the molecule is C[Si](CC(C)(C)C)OC(C)(Nc1ccc(Br)cc1)O[Si](C)CC(C)(C)C. The summed E-state index contributed by atoms with van der Waals surface area (Å²) in [5.41, 5.74) is 1.52. The van der Waals surface area contributed by atoms with Crippen molar-refractivity contribution < 1.29 is 8.85 Å². The third-order valence-corrected chi connectivity index (χ3v) is 8.63. The minimum Gasteiger partial charge on any atom is -0.375 e. The highest BCUT2D eigenvalue weighted by Crippen LogP contribution is 2.29. The van der Waals surface area contributed by atoms with Crippen LogP contribution in [0.4, 0.5) is 5.69 Å². The Morgan fingerprint density at radius 2 is 1.19 bits per heavy atom. The van der Waals surface area contributed by atoms with Crippen LogP contribution in [-0.4, -0.2) is 24.0 Å². The van der Waals surface area contributed by atoms with E-state index in [1.165, 1.54) is 0 Å². The Kier molecular flexibility index (Phi) is 8.61. The first-order valence-electron chi connectivity index (χ1n) is 9.24. The van der Waals surface area contributed by atoms with Crippen molar-refractivity contribution in [3.05, 3.63) is 28.7 Å². The summed E-state index contributed by atoms with van der Waals surface area (Å²) in [5.74, 6) is -0.795. The zero-order valence-corrected chi connectivity index (χ0v) is 21.5. The first-order valence-corrected chi connectivity index (χ1v) is 14.3. The smallest absolute Gasteiger partial charge is 0.227 e. The fourth-order valence-corrected chi connectivity index (χ4v) is 8.09. The summed E-state index contributed by atoms with van der Waals surface area (Å²) >= 11 is 3.49. The molecule has 0 fully saturated rings. The molecule has 0 saturated heterocycles. The zero-order chi connectivity index (χ0) is 20.2. The van der Waals surface area contributed by atoms with E-state index in [-0.39, 0.29) is 10.8 Å². The van der Waals surface area contributed by atoms with E-state index in [2.05, 4.69) is 75.9 Å². The molecule has 1 aromatic carbocycles. The Hall–Kier alpha value is -0.146. The molecule has 0 bridgehead atoms. The lowest BCUT2D eigenvalue weighted by Crippen LogP contribution is -2.48. The lowest BCUT2D eigenvalue weighted by Gasteiger charge is -2.38. The molecule has 0 saturated carbocycles. The van der Waals surface area contributed by atoms with Crippen molar-refractivity contribution >= 4 is 39.7 Å². The maximum Gasteiger partial charge on any atom is 0.227 e. The summed E-state index contributed by atoms with van der Waals surface area (Å²) in [4.78, 5) is 0. The van der Waals surface area contributed by atoms with E-state index in [9.17, 15) is 0 Å². The molecule has 1 rings (SSSR count). The number of nitrogens with one attached hydrogen (secondary N) is 1. The Morgan fingerprint density at radius 1 is 0.808 bits per heavy atom. The maximum atomic E-state index is 6.52. The molecule has 0 aliphatic rings. The van der Waals surface area contributed by atoms with Gasteiger partial charge in [0.1, 0.15) is 0 Å². The lowest BCUT2D eigenvalue weighted by atomic mass is 10.0. The fourth-order valence-electron chi connectivity index (χ4n) is 3.10. The number of anilines is 1. The first kappa shape index (κ1) is 23.9. The molecule has 0 amide bonds. The van der Waals surface area contributed by atoms with E-state index in [0.717, 1.165) is 22.2 Å². The second-order valence-electron chi connectivity index (χ2n) is 9.66. The molecule has 0 aliphatic heterocycles. The number of rotatable bonds is 8. The number of halogens is 1. The molecule has 0 aliphatic carbocycles. The van der Waals surface area contributed by atoms with Crippen molar-refractivity contribution in [1.82, 2.24) is 0 Å². The lowest BCUT2D eigenvalue weighted by molar-refractivity contribution is -0.0799. The van der Waals surface area contributed by atoms with E-state index in [4.69, 9.17) is 8.85 Å². The summed E-state index contributed by atoms with van der Waals surface area (Å²) in [6.45, 7) is 20.1. The highest BCUT2D eigenvalue weighted by molar-refractivity contribution is 9.10. The Labute approximate surface area is 172 Å². The van der Waals surface area contributed by atoms with Gasteiger partial charge in [0.15, 0.2) is 0 Å². The highest BCUT2D eigenvalue weighted by atomic mass is 79.9. The van der Waals surface area contributed by atoms with Crippen LogP contribution in [0, 0.1) is 10.8 Å². The molecule has 3 nitrogen and oxygen atoms in total. The number of benzene rings is 1. The van der Waals surface area contributed by atoms with Gasteiger partial charge in [-0.05, 0) is 60.3 Å². The van der Waals surface area contributed by atoms with Crippen molar-refractivity contribution in [1.29, 1.82) is 0 Å². The quantitative estimate of drug-likeness (QED) is 0.339. The van der Waals surface area contributed by atoms with E-state index in [0.29, 0.717) is 0 Å². The van der Waals surface area contributed by atoms with Gasteiger partial charge in [0.05, 0.1) is 0 Å². The topological polar surface area (TPSA) is 30.5 Å². The molecule has 0 heterocycles. The standard InChI is InChI=1S/C20H36BrNO2Si2/c1-18(2,3)14-25(8)23-20(7,24-26(9)15-19(4,5)6)22-17-12-10-16(21)11-13-17/h10-13,22H,14-15H2,1-9H3. The zero-order valence-electron chi connectivity index (χ0n) is 17.9. The Morgan fingerprint density at radius 3 is 1.54 bits per heavy atom. The van der Waals surface area contributed by atoms with Crippen LogP contribution in [0.2, 0.25) is 25.2 Å². The van der Waals surface area contributed by atoms with Gasteiger partial charge in [0.2, 0.25) is 24.0 Å². The minimum absolute atomic E-state index is 0.257. The van der Waals surface area contributed by atoms with Crippen LogP contribution in [0.15, 0.2) is 28.7 Å². The second kappa shape index (κ2) is 9.37. The molecular weight excluding hydrogens is 422 g/mol. The maximum absolute atomic E-state index is 6.52. The summed E-state index contributed by atoms with van der Waals surface area (Å²) in [6, 6.07) is 10.3. The van der Waals surface area contributed by atoms with Gasteiger partial charge in [-0.1, -0.05) is 57.5 Å². The average Bonchev–Trinajstić information content (AvgIpc) is 2.35. The van der Waals surface area contributed by atoms with Crippen molar-refractivity contribution in [2.45, 2.75) is 79.6 Å². The predicted molar refractivity (Wildman–Crippen MR) is 120 cm³/mol. The third kappa shape index (κ3) is 10.3. The van der Waals surface area contributed by atoms with Crippen LogP contribution in [0.25, 0.3) is 0 Å². The van der Waals surface area contributed by atoms with Gasteiger partial charge in [-0.3, -0.25) is 0 Å². The van der Waals surface area contributed by atoms with Crippen LogP contribution in [0.1, 0.15) is 48.5 Å². The number of hydrogen-bond donors (Lipinski definition) is 1. The fraction of sp³-hybridized carbons (Fsp3) is 0.700. The van der Waals surface area contributed by atoms with Gasteiger partial charge >= 0.3 is 0 Å². The predicted octanol–water partition coefficient (Wildman–Crippen LogP) is 6.90. The minimum atomic E-state index is -0.999. The summed E-state index contributed by atoms with van der Waals surface area (Å²) in [7, 11) is -2.00. The van der Waals surface area contributed by atoms with Gasteiger partial charge in [-0.25, -0.2) is 0 Å². The molecule has 0 aromatic heterocycles. The molecule has 0 atom stereocenters. The molecule has 1 aromatic rings. The van der Waals surface area contributed by atoms with Gasteiger partial charge in [0.25, 0.3) is 0 Å². The molecule has 0 unspecified atom stereocenters. The highest BCUT2D eigenvalue weighted by Gasteiger charge is 2.34. The molecule has 148 valence electrons. The van der Waals surface area contributed by atoms with Gasteiger partial charge < -0.3 is 14.2 Å². The van der Waals surface area contributed by atoms with Gasteiger partial charge in [-0.2, -0.15) is 0 Å². The van der Waals surface area contributed by atoms with Crippen molar-refractivity contribution in [3.8, 4) is 0 Å². The van der Waals surface area contributed by atoms with Crippen LogP contribution >= 0.6 is 15.9 Å². The molecule has 0 spiro atoms. The third-order valence-electron chi connectivity index (χ3n) is 3.51. The molecule has 1 N–H and O–H groups in total. The van der Waals surface area contributed by atoms with E-state index in [1.807, 2.05) is 31.2 Å². The largest absolute Gasteiger partial charge is 0.375 e. The normalized spacial score (nSPS) is 13.5. The van der Waals surface area contributed by atoms with Gasteiger partial charge in [0, 0.05) is 17.1 Å². The molecule has 2 radical (unpaired) electrons. The van der Waals surface area contributed by atoms with Crippen LogP contribution in [-0.2, 0) is 8.85 Å². The monoisotopic (exact) mass is 457 g/mol. The van der Waals surface area contributed by atoms with Crippen molar-refractivity contribution in [3.63, 3.8) is 0 Å². The van der Waals surface area contributed by atoms with Crippen molar-refractivity contribution in [2.75, 3.05) is 5.32 Å².